The minimum absolute atomic E-state index is 0.0691. The van der Waals surface area contributed by atoms with E-state index in [1.54, 1.807) is 23.5 Å². The molecule has 0 unspecified atom stereocenters. The summed E-state index contributed by atoms with van der Waals surface area (Å²) in [5, 5.41) is 3.08. The lowest BCUT2D eigenvalue weighted by molar-refractivity contribution is 0.0994. The Morgan fingerprint density at radius 3 is 2.63 bits per heavy atom. The fourth-order valence-corrected chi connectivity index (χ4v) is 3.03. The Bertz CT molecular complexity index is 728. The number of carbonyl (C=O) groups excluding carboxylic acids is 1. The monoisotopic (exact) mass is 270 g/mol. The van der Waals surface area contributed by atoms with Crippen molar-refractivity contribution in [2.24, 2.45) is 0 Å². The molecule has 3 heteroatoms. The van der Waals surface area contributed by atoms with Crippen LogP contribution in [0.2, 0.25) is 0 Å². The average molecular weight is 270 g/mol. The Morgan fingerprint density at radius 1 is 1.05 bits per heavy atom. The van der Waals surface area contributed by atoms with Crippen LogP contribution in [0, 0.1) is 5.82 Å². The first-order valence-electron chi connectivity index (χ1n) is 5.98. The molecule has 94 valence electrons. The van der Waals surface area contributed by atoms with Crippen molar-refractivity contribution in [1.29, 1.82) is 0 Å². The van der Waals surface area contributed by atoms with Gasteiger partial charge < -0.3 is 0 Å². The van der Waals surface area contributed by atoms with E-state index in [0.717, 1.165) is 21.2 Å². The third kappa shape index (κ3) is 2.42. The number of benzene rings is 2. The van der Waals surface area contributed by atoms with E-state index in [2.05, 4.69) is 0 Å². The van der Waals surface area contributed by atoms with Crippen molar-refractivity contribution in [1.82, 2.24) is 0 Å². The minimum atomic E-state index is -0.281. The molecule has 0 amide bonds. The summed E-state index contributed by atoms with van der Waals surface area (Å²) >= 11 is 1.57. The first-order valence-corrected chi connectivity index (χ1v) is 6.86. The Hall–Kier alpha value is -2.00. The molecule has 0 saturated carbocycles. The summed E-state index contributed by atoms with van der Waals surface area (Å²) in [4.78, 5) is 12.3. The zero-order valence-corrected chi connectivity index (χ0v) is 10.9. The summed E-state index contributed by atoms with van der Waals surface area (Å²) in [7, 11) is 0. The third-order valence-corrected chi connectivity index (χ3v) is 4.02. The summed E-state index contributed by atoms with van der Waals surface area (Å²) in [6.45, 7) is 0. The molecule has 19 heavy (non-hydrogen) atoms. The number of hydrogen-bond acceptors (Lipinski definition) is 2. The second-order valence-electron chi connectivity index (χ2n) is 4.37. The summed E-state index contributed by atoms with van der Waals surface area (Å²) in [5.74, 6) is -0.212. The van der Waals surface area contributed by atoms with Crippen LogP contribution in [-0.4, -0.2) is 5.78 Å². The lowest BCUT2D eigenvalue weighted by Crippen LogP contribution is -2.03. The molecule has 0 aliphatic heterocycles. The normalized spacial score (nSPS) is 10.8. The molecule has 0 spiro atoms. The van der Waals surface area contributed by atoms with Gasteiger partial charge in [0.2, 0.25) is 0 Å². The first kappa shape index (κ1) is 12.1. The van der Waals surface area contributed by atoms with Crippen LogP contribution in [0.25, 0.3) is 10.1 Å². The molecule has 0 bridgehead atoms. The van der Waals surface area contributed by atoms with Gasteiger partial charge in [0.1, 0.15) is 5.82 Å². The molecular weight excluding hydrogens is 259 g/mol. The van der Waals surface area contributed by atoms with Gasteiger partial charge in [0.05, 0.1) is 0 Å². The van der Waals surface area contributed by atoms with Gasteiger partial charge in [0.25, 0.3) is 0 Å². The largest absolute Gasteiger partial charge is 0.294 e. The number of hydrogen-bond donors (Lipinski definition) is 0. The van der Waals surface area contributed by atoms with Crippen molar-refractivity contribution < 1.29 is 9.18 Å². The van der Waals surface area contributed by atoms with Gasteiger partial charge in [-0.25, -0.2) is 4.39 Å². The van der Waals surface area contributed by atoms with Gasteiger partial charge in [-0.3, -0.25) is 4.79 Å². The van der Waals surface area contributed by atoms with Crippen LogP contribution in [0.4, 0.5) is 4.39 Å². The van der Waals surface area contributed by atoms with Gasteiger partial charge in [0.15, 0.2) is 5.78 Å². The number of halogens is 1. The number of rotatable bonds is 3. The second-order valence-corrected chi connectivity index (χ2v) is 5.29. The molecule has 2 aromatic carbocycles. The van der Waals surface area contributed by atoms with Gasteiger partial charge in [0, 0.05) is 16.7 Å². The standard InChI is InChI=1S/C16H11FOS/c17-13-6-4-11(5-7-13)10-15(18)14-3-1-2-12-8-9-19-16(12)14/h1-9H,10H2. The Kier molecular flexibility index (Phi) is 3.13. The van der Waals surface area contributed by atoms with Gasteiger partial charge >= 0.3 is 0 Å². The van der Waals surface area contributed by atoms with Crippen LogP contribution in [0.1, 0.15) is 15.9 Å². The highest BCUT2D eigenvalue weighted by molar-refractivity contribution is 7.17. The molecule has 3 rings (SSSR count). The van der Waals surface area contributed by atoms with Gasteiger partial charge in [-0.1, -0.05) is 24.3 Å². The number of carbonyl (C=O) groups is 1. The molecule has 0 fully saturated rings. The highest BCUT2D eigenvalue weighted by atomic mass is 32.1. The van der Waals surface area contributed by atoms with E-state index in [9.17, 15) is 9.18 Å². The van der Waals surface area contributed by atoms with Crippen LogP contribution >= 0.6 is 11.3 Å². The Balaban J connectivity index is 1.92. The minimum Gasteiger partial charge on any atom is -0.294 e. The van der Waals surface area contributed by atoms with Crippen LogP contribution in [-0.2, 0) is 6.42 Å². The number of thiophene rings is 1. The van der Waals surface area contributed by atoms with Crippen molar-refractivity contribution in [2.75, 3.05) is 0 Å². The van der Waals surface area contributed by atoms with Gasteiger partial charge in [-0.2, -0.15) is 0 Å². The van der Waals surface area contributed by atoms with Gasteiger partial charge in [-0.15, -0.1) is 11.3 Å². The second kappa shape index (κ2) is 4.94. The van der Waals surface area contributed by atoms with E-state index < -0.39 is 0 Å². The predicted octanol–water partition coefficient (Wildman–Crippen LogP) is 4.47. The molecule has 1 heterocycles. The Labute approximate surface area is 114 Å². The van der Waals surface area contributed by atoms with Gasteiger partial charge in [-0.05, 0) is 40.6 Å². The average Bonchev–Trinajstić information content (AvgIpc) is 2.89. The summed E-state index contributed by atoms with van der Waals surface area (Å²) < 4.78 is 13.9. The SMILES string of the molecule is O=C(Cc1ccc(F)cc1)c1cccc2ccsc12. The topological polar surface area (TPSA) is 17.1 Å². The molecule has 0 aliphatic carbocycles. The quantitative estimate of drug-likeness (QED) is 0.642. The van der Waals surface area contributed by atoms with Crippen molar-refractivity contribution >= 4 is 27.2 Å². The first-order chi connectivity index (χ1) is 9.24. The molecule has 0 aliphatic rings. The molecule has 0 N–H and O–H groups in total. The zero-order chi connectivity index (χ0) is 13.2. The lowest BCUT2D eigenvalue weighted by atomic mass is 10.0. The van der Waals surface area contributed by atoms with E-state index in [1.807, 2.05) is 29.6 Å². The maximum absolute atomic E-state index is 12.8. The molecule has 0 atom stereocenters. The zero-order valence-electron chi connectivity index (χ0n) is 10.1. The highest BCUT2D eigenvalue weighted by Gasteiger charge is 2.11. The molecule has 0 radical (unpaired) electrons. The van der Waals surface area contributed by atoms with Crippen LogP contribution in [0.3, 0.4) is 0 Å². The maximum atomic E-state index is 12.8. The van der Waals surface area contributed by atoms with E-state index in [0.29, 0.717) is 6.42 Å². The summed E-state index contributed by atoms with van der Waals surface area (Å²) in [5.41, 5.74) is 1.58. The molecular formula is C16H11FOS. The fourth-order valence-electron chi connectivity index (χ4n) is 2.10. The van der Waals surface area contributed by atoms with Crippen LogP contribution in [0.15, 0.2) is 53.9 Å². The van der Waals surface area contributed by atoms with Crippen molar-refractivity contribution in [2.45, 2.75) is 6.42 Å². The summed E-state index contributed by atoms with van der Waals surface area (Å²) in [6, 6.07) is 13.8. The predicted molar refractivity (Wildman–Crippen MR) is 76.3 cm³/mol. The smallest absolute Gasteiger partial charge is 0.168 e. The van der Waals surface area contributed by atoms with E-state index in [4.69, 9.17) is 0 Å². The highest BCUT2D eigenvalue weighted by Crippen LogP contribution is 2.25. The van der Waals surface area contributed by atoms with Crippen LogP contribution < -0.4 is 0 Å². The van der Waals surface area contributed by atoms with E-state index in [1.165, 1.54) is 12.1 Å². The third-order valence-electron chi connectivity index (χ3n) is 3.06. The van der Waals surface area contributed by atoms with Crippen molar-refractivity contribution in [3.05, 3.63) is 70.9 Å². The van der Waals surface area contributed by atoms with E-state index >= 15 is 0 Å². The van der Waals surface area contributed by atoms with Crippen LogP contribution in [0.5, 0.6) is 0 Å². The van der Waals surface area contributed by atoms with Crippen molar-refractivity contribution in [3.8, 4) is 0 Å². The molecule has 0 saturated heterocycles. The molecule has 1 aromatic heterocycles. The lowest BCUT2D eigenvalue weighted by Gasteiger charge is -2.03. The number of fused-ring (bicyclic) bond motifs is 1. The number of Topliss-reactive ketones (excluding diaryl/α,β-unsaturated/α-hetero) is 1. The molecule has 1 nitrogen and oxygen atoms in total. The van der Waals surface area contributed by atoms with E-state index in [-0.39, 0.29) is 11.6 Å². The van der Waals surface area contributed by atoms with Crippen molar-refractivity contribution in [3.63, 3.8) is 0 Å². The fraction of sp³-hybridized carbons (Fsp3) is 0.0625. The maximum Gasteiger partial charge on any atom is 0.168 e. The Morgan fingerprint density at radius 2 is 1.84 bits per heavy atom. The summed E-state index contributed by atoms with van der Waals surface area (Å²) in [6.07, 6.45) is 0.303. The molecule has 3 aromatic rings. The number of ketones is 1.